The lowest BCUT2D eigenvalue weighted by molar-refractivity contribution is -0.160. The zero-order valence-electron chi connectivity index (χ0n) is 13.9. The Morgan fingerprint density at radius 1 is 1.27 bits per heavy atom. The van der Waals surface area contributed by atoms with Gasteiger partial charge < -0.3 is 14.6 Å². The average Bonchev–Trinajstić information content (AvgIpc) is 2.50. The van der Waals surface area contributed by atoms with Crippen LogP contribution in [0.5, 0.6) is 5.75 Å². The minimum Gasteiger partial charge on any atom is -0.508 e. The maximum absolute atomic E-state index is 12.2. The third-order valence-corrected chi connectivity index (χ3v) is 3.40. The molecule has 0 aromatic heterocycles. The first-order valence-electron chi connectivity index (χ1n) is 8.16. The number of ether oxygens (including phenoxy) is 2. The van der Waals surface area contributed by atoms with Crippen LogP contribution in [0.3, 0.4) is 0 Å². The molecule has 1 N–H and O–H groups in total. The molecule has 0 bridgehead atoms. The summed E-state index contributed by atoms with van der Waals surface area (Å²) in [5.74, 6) is -0.134. The lowest BCUT2D eigenvalue weighted by atomic mass is 10.1. The van der Waals surface area contributed by atoms with E-state index in [0.717, 1.165) is 31.2 Å². The van der Waals surface area contributed by atoms with Gasteiger partial charge in [0, 0.05) is 6.42 Å². The fourth-order valence-electron chi connectivity index (χ4n) is 2.22. The SMILES string of the molecule is CCCCC(C)OC(Cc1cccc(O)c1)C(=O)OCCC. The number of phenolic OH excluding ortho intramolecular Hbond substituents is 1. The van der Waals surface area contributed by atoms with Gasteiger partial charge in [0.15, 0.2) is 6.10 Å². The van der Waals surface area contributed by atoms with Crippen molar-refractivity contribution < 1.29 is 19.4 Å². The molecule has 0 spiro atoms. The summed E-state index contributed by atoms with van der Waals surface area (Å²) in [6.45, 7) is 6.48. The van der Waals surface area contributed by atoms with Gasteiger partial charge >= 0.3 is 5.97 Å². The van der Waals surface area contributed by atoms with Crippen LogP contribution in [0.25, 0.3) is 0 Å². The predicted octanol–water partition coefficient (Wildman–Crippen LogP) is 3.85. The molecule has 0 saturated heterocycles. The van der Waals surface area contributed by atoms with Gasteiger partial charge in [-0.25, -0.2) is 4.79 Å². The van der Waals surface area contributed by atoms with E-state index in [0.29, 0.717) is 13.0 Å². The van der Waals surface area contributed by atoms with Gasteiger partial charge in [-0.2, -0.15) is 0 Å². The minimum absolute atomic E-state index is 0.0106. The lowest BCUT2D eigenvalue weighted by Gasteiger charge is -2.21. The molecule has 0 radical (unpaired) electrons. The summed E-state index contributed by atoms with van der Waals surface area (Å²) in [6.07, 6.45) is 3.68. The number of carbonyl (C=O) groups excluding carboxylic acids is 1. The number of esters is 1. The molecule has 0 fully saturated rings. The molecule has 1 aromatic rings. The molecule has 0 aliphatic heterocycles. The number of benzene rings is 1. The lowest BCUT2D eigenvalue weighted by Crippen LogP contribution is -2.32. The van der Waals surface area contributed by atoms with Crippen molar-refractivity contribution >= 4 is 5.97 Å². The molecule has 22 heavy (non-hydrogen) atoms. The van der Waals surface area contributed by atoms with Crippen molar-refractivity contribution in [3.63, 3.8) is 0 Å². The Morgan fingerprint density at radius 3 is 2.68 bits per heavy atom. The smallest absolute Gasteiger partial charge is 0.335 e. The maximum atomic E-state index is 12.2. The van der Waals surface area contributed by atoms with E-state index in [1.54, 1.807) is 18.2 Å². The van der Waals surface area contributed by atoms with Crippen LogP contribution < -0.4 is 0 Å². The largest absolute Gasteiger partial charge is 0.508 e. The van der Waals surface area contributed by atoms with E-state index in [4.69, 9.17) is 9.47 Å². The summed E-state index contributed by atoms with van der Waals surface area (Å²) >= 11 is 0. The summed E-state index contributed by atoms with van der Waals surface area (Å²) in [5.41, 5.74) is 0.862. The van der Waals surface area contributed by atoms with Gasteiger partial charge in [-0.3, -0.25) is 0 Å². The van der Waals surface area contributed by atoms with E-state index < -0.39 is 6.10 Å². The second kappa shape index (κ2) is 10.2. The van der Waals surface area contributed by atoms with Crippen LogP contribution in [0, 0.1) is 0 Å². The van der Waals surface area contributed by atoms with Gasteiger partial charge in [0.1, 0.15) is 5.75 Å². The molecule has 0 heterocycles. The third-order valence-electron chi connectivity index (χ3n) is 3.40. The van der Waals surface area contributed by atoms with Crippen molar-refractivity contribution in [1.29, 1.82) is 0 Å². The van der Waals surface area contributed by atoms with Crippen LogP contribution in [-0.2, 0) is 20.7 Å². The first-order chi connectivity index (χ1) is 10.6. The Kier molecular flexibility index (Phi) is 8.60. The maximum Gasteiger partial charge on any atom is 0.335 e. The van der Waals surface area contributed by atoms with Gasteiger partial charge in [0.05, 0.1) is 12.7 Å². The second-order valence-electron chi connectivity index (χ2n) is 5.62. The molecule has 1 rings (SSSR count). The van der Waals surface area contributed by atoms with Gasteiger partial charge in [0.2, 0.25) is 0 Å². The van der Waals surface area contributed by atoms with E-state index in [9.17, 15) is 9.90 Å². The predicted molar refractivity (Wildman–Crippen MR) is 86.9 cm³/mol. The van der Waals surface area contributed by atoms with Crippen molar-refractivity contribution in [3.05, 3.63) is 29.8 Å². The van der Waals surface area contributed by atoms with Crippen LogP contribution in [0.1, 0.15) is 52.0 Å². The highest BCUT2D eigenvalue weighted by Crippen LogP contribution is 2.17. The number of phenols is 1. The number of hydrogen-bond donors (Lipinski definition) is 1. The Morgan fingerprint density at radius 2 is 2.05 bits per heavy atom. The summed E-state index contributed by atoms with van der Waals surface area (Å²) in [4.78, 5) is 12.2. The topological polar surface area (TPSA) is 55.8 Å². The van der Waals surface area contributed by atoms with Crippen molar-refractivity contribution in [1.82, 2.24) is 0 Å². The van der Waals surface area contributed by atoms with Gasteiger partial charge in [0.25, 0.3) is 0 Å². The molecular formula is C18H28O4. The fraction of sp³-hybridized carbons (Fsp3) is 0.611. The number of hydrogen-bond acceptors (Lipinski definition) is 4. The molecule has 4 heteroatoms. The Bertz CT molecular complexity index is 444. The van der Waals surface area contributed by atoms with Crippen LogP contribution in [0.15, 0.2) is 24.3 Å². The molecule has 0 aliphatic rings. The zero-order valence-corrected chi connectivity index (χ0v) is 13.9. The molecule has 0 aliphatic carbocycles. The second-order valence-corrected chi connectivity index (χ2v) is 5.62. The van der Waals surface area contributed by atoms with Crippen molar-refractivity contribution in [2.45, 2.75) is 65.1 Å². The average molecular weight is 308 g/mol. The summed E-state index contributed by atoms with van der Waals surface area (Å²) in [5, 5.41) is 9.55. The molecule has 4 nitrogen and oxygen atoms in total. The first kappa shape index (κ1) is 18.5. The summed E-state index contributed by atoms with van der Waals surface area (Å²) in [6, 6.07) is 6.90. The van der Waals surface area contributed by atoms with Crippen molar-refractivity contribution in [3.8, 4) is 5.75 Å². The molecule has 0 saturated carbocycles. The van der Waals surface area contributed by atoms with Crippen LogP contribution in [0.4, 0.5) is 0 Å². The first-order valence-corrected chi connectivity index (χ1v) is 8.16. The van der Waals surface area contributed by atoms with E-state index >= 15 is 0 Å². The molecule has 1 aromatic carbocycles. The molecular weight excluding hydrogens is 280 g/mol. The Balaban J connectivity index is 2.70. The van der Waals surface area contributed by atoms with Crippen LogP contribution in [0.2, 0.25) is 0 Å². The number of carbonyl (C=O) groups is 1. The van der Waals surface area contributed by atoms with Crippen LogP contribution in [-0.4, -0.2) is 29.9 Å². The van der Waals surface area contributed by atoms with E-state index in [1.807, 2.05) is 19.9 Å². The van der Waals surface area contributed by atoms with Crippen LogP contribution >= 0.6 is 0 Å². The third kappa shape index (κ3) is 6.94. The molecule has 2 atom stereocenters. The zero-order chi connectivity index (χ0) is 16.4. The van der Waals surface area contributed by atoms with Crippen molar-refractivity contribution in [2.75, 3.05) is 6.61 Å². The van der Waals surface area contributed by atoms with E-state index in [-0.39, 0.29) is 17.8 Å². The van der Waals surface area contributed by atoms with E-state index in [2.05, 4.69) is 6.92 Å². The Labute approximate surface area is 133 Å². The minimum atomic E-state index is -0.625. The normalized spacial score (nSPS) is 13.6. The van der Waals surface area contributed by atoms with Crippen molar-refractivity contribution in [2.24, 2.45) is 0 Å². The quantitative estimate of drug-likeness (QED) is 0.667. The standard InChI is InChI=1S/C18H28O4/c1-4-6-8-14(3)22-17(18(20)21-11-5-2)13-15-9-7-10-16(19)12-15/h7,9-10,12,14,17,19H,4-6,8,11,13H2,1-3H3. The number of unbranched alkanes of at least 4 members (excludes halogenated alkanes) is 1. The highest BCUT2D eigenvalue weighted by molar-refractivity contribution is 5.75. The highest BCUT2D eigenvalue weighted by atomic mass is 16.6. The van der Waals surface area contributed by atoms with Gasteiger partial charge in [-0.15, -0.1) is 0 Å². The highest BCUT2D eigenvalue weighted by Gasteiger charge is 2.23. The van der Waals surface area contributed by atoms with Gasteiger partial charge in [-0.1, -0.05) is 38.8 Å². The monoisotopic (exact) mass is 308 g/mol. The molecule has 0 amide bonds. The summed E-state index contributed by atoms with van der Waals surface area (Å²) in [7, 11) is 0. The van der Waals surface area contributed by atoms with E-state index in [1.165, 1.54) is 0 Å². The summed E-state index contributed by atoms with van der Waals surface area (Å²) < 4.78 is 11.1. The number of aromatic hydroxyl groups is 1. The Hall–Kier alpha value is -1.55. The molecule has 2 unspecified atom stereocenters. The molecule has 124 valence electrons. The van der Waals surface area contributed by atoms with Gasteiger partial charge in [-0.05, 0) is 37.5 Å². The number of rotatable bonds is 10. The fourth-order valence-corrected chi connectivity index (χ4v) is 2.22.